The summed E-state index contributed by atoms with van der Waals surface area (Å²) >= 11 is 0. The van der Waals surface area contributed by atoms with Gasteiger partial charge in [0, 0.05) is 11.5 Å². The minimum Gasteiger partial charge on any atom is -0.487 e. The number of hydrogen-bond donors (Lipinski definition) is 1. The van der Waals surface area contributed by atoms with Crippen molar-refractivity contribution in [1.29, 1.82) is 0 Å². The van der Waals surface area contributed by atoms with E-state index in [1.807, 2.05) is 18.2 Å². The zero-order valence-corrected chi connectivity index (χ0v) is 7.01. The van der Waals surface area contributed by atoms with Gasteiger partial charge in [-0.2, -0.15) is 0 Å². The quantitative estimate of drug-likeness (QED) is 0.629. The molecule has 0 saturated carbocycles. The number of carbonyl (C=O) groups excluding carboxylic acids is 1. The first-order valence-corrected chi connectivity index (χ1v) is 4.17. The molecule has 0 saturated heterocycles. The van der Waals surface area contributed by atoms with E-state index in [2.05, 4.69) is 0 Å². The lowest BCUT2D eigenvalue weighted by molar-refractivity contribution is -0.106. The molecule has 2 unspecified atom stereocenters. The maximum Gasteiger partial charge on any atom is 0.149 e. The molecule has 68 valence electrons. The van der Waals surface area contributed by atoms with E-state index in [9.17, 15) is 4.79 Å². The molecular weight excluding hydrogens is 168 g/mol. The molecule has 0 amide bonds. The summed E-state index contributed by atoms with van der Waals surface area (Å²) in [5.41, 5.74) is 0.632. The molecule has 2 rings (SSSR count). The van der Waals surface area contributed by atoms with Crippen molar-refractivity contribution >= 4 is 6.29 Å². The van der Waals surface area contributed by atoms with E-state index in [1.165, 1.54) is 0 Å². The monoisotopic (exact) mass is 178 g/mol. The van der Waals surface area contributed by atoms with Gasteiger partial charge in [0.2, 0.25) is 0 Å². The molecule has 2 atom stereocenters. The number of aliphatic hydroxyl groups is 1. The Hall–Kier alpha value is -1.35. The van der Waals surface area contributed by atoms with Crippen LogP contribution in [0.1, 0.15) is 0 Å². The minimum absolute atomic E-state index is 0.104. The van der Waals surface area contributed by atoms with Gasteiger partial charge in [0.25, 0.3) is 0 Å². The van der Waals surface area contributed by atoms with Gasteiger partial charge in [0.15, 0.2) is 0 Å². The highest BCUT2D eigenvalue weighted by atomic mass is 16.5. The van der Waals surface area contributed by atoms with E-state index >= 15 is 0 Å². The molecule has 0 fully saturated rings. The third-order valence-electron chi connectivity index (χ3n) is 2.25. The summed E-state index contributed by atoms with van der Waals surface area (Å²) < 4.78 is 5.38. The van der Waals surface area contributed by atoms with Gasteiger partial charge >= 0.3 is 0 Å². The molecule has 2 aliphatic rings. The predicted molar refractivity (Wildman–Crippen MR) is 46.8 cm³/mol. The zero-order chi connectivity index (χ0) is 9.26. The molecule has 1 aliphatic heterocycles. The number of aliphatic hydroxyl groups excluding tert-OH is 1. The summed E-state index contributed by atoms with van der Waals surface area (Å²) in [6.45, 7) is -0.104. The summed E-state index contributed by atoms with van der Waals surface area (Å²) in [5.74, 6) is 0.654. The molecule has 0 bridgehead atoms. The molecule has 1 aliphatic carbocycles. The van der Waals surface area contributed by atoms with E-state index in [0.717, 1.165) is 6.29 Å². The van der Waals surface area contributed by atoms with E-state index < -0.39 is 0 Å². The molecule has 3 nitrogen and oxygen atoms in total. The topological polar surface area (TPSA) is 46.5 Å². The average Bonchev–Trinajstić information content (AvgIpc) is 2.59. The second-order valence-corrected chi connectivity index (χ2v) is 3.08. The SMILES string of the molecule is O=CC1=CC=CC2C=C(CO)OC12. The average molecular weight is 178 g/mol. The van der Waals surface area contributed by atoms with Crippen LogP contribution in [-0.4, -0.2) is 24.1 Å². The normalized spacial score (nSPS) is 30.2. The highest BCUT2D eigenvalue weighted by Gasteiger charge is 2.31. The molecule has 1 N–H and O–H groups in total. The Kier molecular flexibility index (Phi) is 2.02. The lowest BCUT2D eigenvalue weighted by Crippen LogP contribution is -2.21. The van der Waals surface area contributed by atoms with Crippen LogP contribution in [0.25, 0.3) is 0 Å². The summed E-state index contributed by atoms with van der Waals surface area (Å²) in [6, 6.07) is 0. The van der Waals surface area contributed by atoms with Crippen molar-refractivity contribution in [3.05, 3.63) is 35.6 Å². The number of hydrogen-bond acceptors (Lipinski definition) is 3. The van der Waals surface area contributed by atoms with Crippen LogP contribution < -0.4 is 0 Å². The Labute approximate surface area is 76.0 Å². The summed E-state index contributed by atoms with van der Waals surface area (Å²) in [7, 11) is 0. The molecular formula is C10H10O3. The molecule has 1 heterocycles. The van der Waals surface area contributed by atoms with Crippen LogP contribution in [0.3, 0.4) is 0 Å². The molecule has 0 aromatic rings. The standard InChI is InChI=1S/C10H10O3/c11-5-8-3-1-2-7-4-9(6-12)13-10(7)8/h1-5,7,10,12H,6H2. The van der Waals surface area contributed by atoms with Crippen molar-refractivity contribution in [2.45, 2.75) is 6.10 Å². The number of ether oxygens (including phenoxy) is 1. The lowest BCUT2D eigenvalue weighted by atomic mass is 9.93. The molecule has 0 spiro atoms. The van der Waals surface area contributed by atoms with Crippen molar-refractivity contribution in [2.75, 3.05) is 6.61 Å². The van der Waals surface area contributed by atoms with Crippen LogP contribution >= 0.6 is 0 Å². The van der Waals surface area contributed by atoms with Crippen molar-refractivity contribution in [2.24, 2.45) is 5.92 Å². The van der Waals surface area contributed by atoms with Crippen LogP contribution in [-0.2, 0) is 9.53 Å². The van der Waals surface area contributed by atoms with E-state index in [1.54, 1.807) is 6.08 Å². The van der Waals surface area contributed by atoms with Crippen LogP contribution in [0, 0.1) is 5.92 Å². The Balaban J connectivity index is 2.23. The maximum absolute atomic E-state index is 10.6. The van der Waals surface area contributed by atoms with E-state index in [-0.39, 0.29) is 18.6 Å². The van der Waals surface area contributed by atoms with Gasteiger partial charge in [-0.25, -0.2) is 0 Å². The number of allylic oxidation sites excluding steroid dienone is 2. The van der Waals surface area contributed by atoms with Crippen LogP contribution in [0.15, 0.2) is 35.6 Å². The van der Waals surface area contributed by atoms with Crippen molar-refractivity contribution in [3.63, 3.8) is 0 Å². The maximum atomic E-state index is 10.6. The zero-order valence-electron chi connectivity index (χ0n) is 7.01. The molecule has 0 radical (unpaired) electrons. The second-order valence-electron chi connectivity index (χ2n) is 3.08. The summed E-state index contributed by atoms with van der Waals surface area (Å²) in [4.78, 5) is 10.6. The Morgan fingerprint density at radius 2 is 2.46 bits per heavy atom. The number of rotatable bonds is 2. The highest BCUT2D eigenvalue weighted by Crippen LogP contribution is 2.31. The van der Waals surface area contributed by atoms with Crippen LogP contribution in [0.4, 0.5) is 0 Å². The van der Waals surface area contributed by atoms with Gasteiger partial charge < -0.3 is 9.84 Å². The number of carbonyl (C=O) groups is 1. The first kappa shape index (κ1) is 8.26. The Bertz CT molecular complexity index is 312. The van der Waals surface area contributed by atoms with Crippen molar-refractivity contribution in [1.82, 2.24) is 0 Å². The minimum atomic E-state index is -0.218. The molecule has 0 aromatic carbocycles. The van der Waals surface area contributed by atoms with Gasteiger partial charge in [-0.05, 0) is 6.08 Å². The molecule has 13 heavy (non-hydrogen) atoms. The Morgan fingerprint density at radius 3 is 3.15 bits per heavy atom. The second kappa shape index (κ2) is 3.18. The largest absolute Gasteiger partial charge is 0.487 e. The van der Waals surface area contributed by atoms with Gasteiger partial charge in [-0.1, -0.05) is 18.2 Å². The van der Waals surface area contributed by atoms with Crippen LogP contribution in [0.5, 0.6) is 0 Å². The van der Waals surface area contributed by atoms with E-state index in [0.29, 0.717) is 11.3 Å². The predicted octanol–water partition coefficient (Wildman–Crippen LogP) is 0.573. The van der Waals surface area contributed by atoms with Crippen molar-refractivity contribution in [3.8, 4) is 0 Å². The summed E-state index contributed by atoms with van der Waals surface area (Å²) in [5, 5.41) is 8.85. The fraction of sp³-hybridized carbons (Fsp3) is 0.300. The third-order valence-corrected chi connectivity index (χ3v) is 2.25. The number of fused-ring (bicyclic) bond motifs is 1. The fourth-order valence-electron chi connectivity index (χ4n) is 1.62. The van der Waals surface area contributed by atoms with Crippen LogP contribution in [0.2, 0.25) is 0 Å². The van der Waals surface area contributed by atoms with Crippen molar-refractivity contribution < 1.29 is 14.6 Å². The fourth-order valence-corrected chi connectivity index (χ4v) is 1.62. The number of aldehydes is 1. The van der Waals surface area contributed by atoms with Gasteiger partial charge in [-0.3, -0.25) is 4.79 Å². The molecule has 0 aromatic heterocycles. The van der Waals surface area contributed by atoms with E-state index in [4.69, 9.17) is 9.84 Å². The lowest BCUT2D eigenvalue weighted by Gasteiger charge is -2.19. The smallest absolute Gasteiger partial charge is 0.149 e. The van der Waals surface area contributed by atoms with Gasteiger partial charge in [-0.15, -0.1) is 0 Å². The first-order valence-electron chi connectivity index (χ1n) is 4.17. The Morgan fingerprint density at radius 1 is 1.62 bits per heavy atom. The first-order chi connectivity index (χ1) is 6.35. The highest BCUT2D eigenvalue weighted by molar-refractivity contribution is 5.76. The molecule has 3 heteroatoms. The summed E-state index contributed by atoms with van der Waals surface area (Å²) in [6.07, 6.45) is 7.96. The van der Waals surface area contributed by atoms with Gasteiger partial charge in [0.1, 0.15) is 24.8 Å². The van der Waals surface area contributed by atoms with Gasteiger partial charge in [0.05, 0.1) is 0 Å². The third kappa shape index (κ3) is 1.31.